The molecule has 0 atom stereocenters. The molecule has 5 nitrogen and oxygen atoms in total. The van der Waals surface area contributed by atoms with E-state index in [0.29, 0.717) is 5.84 Å². The predicted octanol–water partition coefficient (Wildman–Crippen LogP) is 1.26. The molecule has 17 heavy (non-hydrogen) atoms. The van der Waals surface area contributed by atoms with Crippen molar-refractivity contribution in [2.45, 2.75) is 32.6 Å². The van der Waals surface area contributed by atoms with Crippen LogP contribution < -0.4 is 5.73 Å². The number of nitrogens with zero attached hydrogens (tertiary/aromatic N) is 2. The molecule has 0 aromatic carbocycles. The minimum atomic E-state index is 0.247. The van der Waals surface area contributed by atoms with Gasteiger partial charge in [-0.2, -0.15) is 0 Å². The van der Waals surface area contributed by atoms with Gasteiger partial charge in [-0.05, 0) is 32.4 Å². The zero-order valence-corrected chi connectivity index (χ0v) is 10.8. The number of oxime groups is 1. The Kier molecular flexibility index (Phi) is 6.96. The van der Waals surface area contributed by atoms with Gasteiger partial charge in [0.25, 0.3) is 0 Å². The maximum absolute atomic E-state index is 8.61. The Labute approximate surface area is 104 Å². The van der Waals surface area contributed by atoms with Crippen molar-refractivity contribution in [3.63, 3.8) is 0 Å². The first-order valence-electron chi connectivity index (χ1n) is 6.55. The van der Waals surface area contributed by atoms with Gasteiger partial charge >= 0.3 is 0 Å². The van der Waals surface area contributed by atoms with Gasteiger partial charge in [-0.15, -0.1) is 0 Å². The lowest BCUT2D eigenvalue weighted by Gasteiger charge is -2.31. The molecule has 0 aliphatic carbocycles. The molecule has 0 saturated carbocycles. The molecular formula is C12H25N3O2. The number of likely N-dealkylation sites (tertiary alicyclic amines) is 1. The summed E-state index contributed by atoms with van der Waals surface area (Å²) >= 11 is 0. The Morgan fingerprint density at radius 2 is 2.12 bits per heavy atom. The minimum Gasteiger partial charge on any atom is -0.409 e. The van der Waals surface area contributed by atoms with E-state index in [1.807, 2.05) is 0 Å². The molecule has 100 valence electrons. The molecule has 1 aliphatic rings. The van der Waals surface area contributed by atoms with Gasteiger partial charge in [0.05, 0.1) is 6.61 Å². The molecule has 0 spiro atoms. The van der Waals surface area contributed by atoms with Crippen LogP contribution in [0.4, 0.5) is 0 Å². The van der Waals surface area contributed by atoms with Crippen LogP contribution >= 0.6 is 0 Å². The summed E-state index contributed by atoms with van der Waals surface area (Å²) < 4.78 is 5.54. The predicted molar refractivity (Wildman–Crippen MR) is 68.3 cm³/mol. The zero-order valence-electron chi connectivity index (χ0n) is 10.8. The number of rotatable bonds is 7. The maximum atomic E-state index is 8.61. The van der Waals surface area contributed by atoms with E-state index in [4.69, 9.17) is 15.7 Å². The van der Waals surface area contributed by atoms with E-state index < -0.39 is 0 Å². The third kappa shape index (κ3) is 5.37. The Morgan fingerprint density at radius 1 is 1.41 bits per heavy atom. The Hall–Kier alpha value is -0.810. The summed E-state index contributed by atoms with van der Waals surface area (Å²) in [5.74, 6) is 0.626. The van der Waals surface area contributed by atoms with E-state index in [1.54, 1.807) is 0 Å². The van der Waals surface area contributed by atoms with Gasteiger partial charge in [0, 0.05) is 19.1 Å². The smallest absolute Gasteiger partial charge is 0.142 e. The molecule has 0 amide bonds. The van der Waals surface area contributed by atoms with Crippen molar-refractivity contribution >= 4 is 5.84 Å². The summed E-state index contributed by atoms with van der Waals surface area (Å²) in [7, 11) is 0. The van der Waals surface area contributed by atoms with Gasteiger partial charge in [0.2, 0.25) is 0 Å². The van der Waals surface area contributed by atoms with Crippen molar-refractivity contribution in [3.8, 4) is 0 Å². The summed E-state index contributed by atoms with van der Waals surface area (Å²) in [5, 5.41) is 11.7. The lowest BCUT2D eigenvalue weighted by Crippen LogP contribution is -2.40. The van der Waals surface area contributed by atoms with Crippen molar-refractivity contribution in [3.05, 3.63) is 0 Å². The van der Waals surface area contributed by atoms with Gasteiger partial charge in [-0.3, -0.25) is 0 Å². The maximum Gasteiger partial charge on any atom is 0.142 e. The van der Waals surface area contributed by atoms with Gasteiger partial charge < -0.3 is 20.6 Å². The number of nitrogens with two attached hydrogens (primary N) is 1. The first-order chi connectivity index (χ1) is 8.27. The highest BCUT2D eigenvalue weighted by Gasteiger charge is 2.21. The van der Waals surface area contributed by atoms with Crippen LogP contribution in [0.1, 0.15) is 32.6 Å². The van der Waals surface area contributed by atoms with Crippen molar-refractivity contribution < 1.29 is 9.94 Å². The third-order valence-corrected chi connectivity index (χ3v) is 3.32. The highest BCUT2D eigenvalue weighted by molar-refractivity contribution is 5.82. The van der Waals surface area contributed by atoms with E-state index in [2.05, 4.69) is 17.0 Å². The summed E-state index contributed by atoms with van der Waals surface area (Å²) in [6.07, 6.45) is 4.28. The molecule has 0 bridgehead atoms. The Balaban J connectivity index is 2.07. The molecule has 3 N–H and O–H groups in total. The third-order valence-electron chi connectivity index (χ3n) is 3.32. The molecule has 1 fully saturated rings. The quantitative estimate of drug-likeness (QED) is 0.232. The van der Waals surface area contributed by atoms with Crippen LogP contribution in [0, 0.1) is 5.92 Å². The fourth-order valence-corrected chi connectivity index (χ4v) is 2.08. The van der Waals surface area contributed by atoms with Crippen LogP contribution in [0.5, 0.6) is 0 Å². The van der Waals surface area contributed by atoms with Gasteiger partial charge in [0.1, 0.15) is 5.84 Å². The second-order valence-electron chi connectivity index (χ2n) is 4.61. The second kappa shape index (κ2) is 8.31. The van der Waals surface area contributed by atoms with E-state index in [1.165, 1.54) is 6.42 Å². The lowest BCUT2D eigenvalue weighted by atomic mass is 9.96. The largest absolute Gasteiger partial charge is 0.409 e. The first kappa shape index (κ1) is 14.3. The highest BCUT2D eigenvalue weighted by atomic mass is 16.5. The SMILES string of the molecule is CCCCOCCN1CCC(C(N)=NO)CC1. The van der Waals surface area contributed by atoms with E-state index in [0.717, 1.165) is 52.1 Å². The molecule has 0 unspecified atom stereocenters. The first-order valence-corrected chi connectivity index (χ1v) is 6.55. The standard InChI is InChI=1S/C12H25N3O2/c1-2-3-9-17-10-8-15-6-4-11(5-7-15)12(13)14-16/h11,16H,2-10H2,1H3,(H2,13,14). The van der Waals surface area contributed by atoms with Crippen molar-refractivity contribution in [2.24, 2.45) is 16.8 Å². The number of hydrogen-bond donors (Lipinski definition) is 2. The summed E-state index contributed by atoms with van der Waals surface area (Å²) in [6, 6.07) is 0. The summed E-state index contributed by atoms with van der Waals surface area (Å²) in [5.41, 5.74) is 5.60. The average molecular weight is 243 g/mol. The Morgan fingerprint density at radius 3 is 2.71 bits per heavy atom. The lowest BCUT2D eigenvalue weighted by molar-refractivity contribution is 0.0911. The van der Waals surface area contributed by atoms with E-state index >= 15 is 0 Å². The Bertz CT molecular complexity index is 226. The number of piperidine rings is 1. The number of amidine groups is 1. The molecule has 1 rings (SSSR count). The molecule has 0 aromatic rings. The van der Waals surface area contributed by atoms with Crippen LogP contribution in [0.2, 0.25) is 0 Å². The van der Waals surface area contributed by atoms with Crippen LogP contribution in [0.25, 0.3) is 0 Å². The minimum absolute atomic E-state index is 0.247. The number of ether oxygens (including phenoxy) is 1. The molecule has 5 heteroatoms. The van der Waals surface area contributed by atoms with Crippen LogP contribution in [0.3, 0.4) is 0 Å². The van der Waals surface area contributed by atoms with Gasteiger partial charge in [-0.1, -0.05) is 18.5 Å². The van der Waals surface area contributed by atoms with Crippen molar-refractivity contribution in [2.75, 3.05) is 32.8 Å². The monoisotopic (exact) mass is 243 g/mol. The summed E-state index contributed by atoms with van der Waals surface area (Å²) in [6.45, 7) is 6.87. The van der Waals surface area contributed by atoms with Crippen molar-refractivity contribution in [1.29, 1.82) is 0 Å². The molecule has 0 aromatic heterocycles. The normalized spacial score (nSPS) is 19.7. The fraction of sp³-hybridized carbons (Fsp3) is 0.917. The van der Waals surface area contributed by atoms with E-state index in [-0.39, 0.29) is 5.92 Å². The number of hydrogen-bond acceptors (Lipinski definition) is 4. The van der Waals surface area contributed by atoms with Crippen LogP contribution in [-0.2, 0) is 4.74 Å². The topological polar surface area (TPSA) is 71.1 Å². The van der Waals surface area contributed by atoms with E-state index in [9.17, 15) is 0 Å². The average Bonchev–Trinajstić information content (AvgIpc) is 2.38. The van der Waals surface area contributed by atoms with Gasteiger partial charge in [-0.25, -0.2) is 0 Å². The van der Waals surface area contributed by atoms with Crippen LogP contribution in [0.15, 0.2) is 5.16 Å². The summed E-state index contributed by atoms with van der Waals surface area (Å²) in [4.78, 5) is 2.38. The fourth-order valence-electron chi connectivity index (χ4n) is 2.08. The van der Waals surface area contributed by atoms with Crippen LogP contribution in [-0.4, -0.2) is 48.8 Å². The molecule has 1 heterocycles. The van der Waals surface area contributed by atoms with Gasteiger partial charge in [0.15, 0.2) is 0 Å². The molecule has 1 aliphatic heterocycles. The van der Waals surface area contributed by atoms with Crippen molar-refractivity contribution in [1.82, 2.24) is 4.90 Å². The second-order valence-corrected chi connectivity index (χ2v) is 4.61. The molecule has 1 saturated heterocycles. The highest BCUT2D eigenvalue weighted by Crippen LogP contribution is 2.16. The molecular weight excluding hydrogens is 218 g/mol. The number of unbranched alkanes of at least 4 members (excludes halogenated alkanes) is 1. The molecule has 0 radical (unpaired) electrons. The zero-order chi connectivity index (χ0) is 12.5.